The van der Waals surface area contributed by atoms with Crippen LogP contribution >= 0.6 is 0 Å². The van der Waals surface area contributed by atoms with Gasteiger partial charge >= 0.3 is 0 Å². The Balaban J connectivity index is 1.01. The molecular weight excluding hydrogens is 729 g/mol. The Kier molecular flexibility index (Phi) is 9.67. The van der Waals surface area contributed by atoms with Crippen LogP contribution in [0.25, 0.3) is 66.4 Å². The minimum atomic E-state index is -0.337. The fourth-order valence-corrected chi connectivity index (χ4v) is 8.07. The summed E-state index contributed by atoms with van der Waals surface area (Å²) in [6, 6.07) is 78.4. The number of fused-ring (bicyclic) bond motifs is 1. The van der Waals surface area contributed by atoms with Crippen molar-refractivity contribution in [2.45, 2.75) is 6.17 Å². The second kappa shape index (κ2) is 16.0. The highest BCUT2D eigenvalue weighted by atomic mass is 15.2. The van der Waals surface area contributed by atoms with Crippen LogP contribution in [0, 0.1) is 11.3 Å². The molecule has 1 heterocycles. The fraction of sp³-hybridized carbons (Fsp3) is 0.0179. The maximum atomic E-state index is 9.41. The van der Waals surface area contributed by atoms with Crippen LogP contribution < -0.4 is 5.32 Å². The lowest BCUT2D eigenvalue weighted by Gasteiger charge is -2.24. The summed E-state index contributed by atoms with van der Waals surface area (Å²) in [4.78, 5) is 10.5. The monoisotopic (exact) mass is 766 g/mol. The molecule has 1 unspecified atom stereocenters. The zero-order chi connectivity index (χ0) is 40.3. The Morgan fingerprint density at radius 2 is 0.850 bits per heavy atom. The van der Waals surface area contributed by atoms with E-state index in [1.807, 2.05) is 36.4 Å². The number of nitrogens with one attached hydrogen (secondary N) is 1. The first kappa shape index (κ1) is 36.2. The number of hydrogen-bond donors (Lipinski definition) is 1. The van der Waals surface area contributed by atoms with Crippen LogP contribution in [0.5, 0.6) is 0 Å². The van der Waals surface area contributed by atoms with Crippen molar-refractivity contribution in [3.8, 4) is 61.7 Å². The van der Waals surface area contributed by atoms with Crippen molar-refractivity contribution in [3.05, 3.63) is 241 Å². The van der Waals surface area contributed by atoms with E-state index in [1.165, 1.54) is 27.5 Å². The van der Waals surface area contributed by atoms with Gasteiger partial charge in [-0.2, -0.15) is 5.26 Å². The quantitative estimate of drug-likeness (QED) is 0.167. The summed E-state index contributed by atoms with van der Waals surface area (Å²) in [5, 5.41) is 15.4. The molecule has 1 aliphatic heterocycles. The smallest absolute Gasteiger partial charge is 0.159 e. The van der Waals surface area contributed by atoms with Crippen LogP contribution in [-0.4, -0.2) is 11.7 Å². The summed E-state index contributed by atoms with van der Waals surface area (Å²) in [5.41, 5.74) is 15.0. The second-order valence-electron chi connectivity index (χ2n) is 14.9. The van der Waals surface area contributed by atoms with E-state index in [2.05, 4.69) is 193 Å². The van der Waals surface area contributed by atoms with Gasteiger partial charge in [-0.05, 0) is 90.2 Å². The van der Waals surface area contributed by atoms with Crippen LogP contribution in [0.4, 0.5) is 0 Å². The Hall–Kier alpha value is -8.13. The minimum absolute atomic E-state index is 0.337. The molecule has 1 aliphatic rings. The average Bonchev–Trinajstić information content (AvgIpc) is 3.34. The summed E-state index contributed by atoms with van der Waals surface area (Å²) in [6.45, 7) is 0. The molecule has 9 aromatic rings. The lowest BCUT2D eigenvalue weighted by Crippen LogP contribution is -2.33. The zero-order valence-corrected chi connectivity index (χ0v) is 32.7. The van der Waals surface area contributed by atoms with Gasteiger partial charge in [0.25, 0.3) is 0 Å². The molecule has 282 valence electrons. The highest BCUT2D eigenvalue weighted by Crippen LogP contribution is 2.37. The Morgan fingerprint density at radius 1 is 0.383 bits per heavy atom. The van der Waals surface area contributed by atoms with E-state index in [0.29, 0.717) is 11.4 Å². The predicted molar refractivity (Wildman–Crippen MR) is 248 cm³/mol. The third-order valence-corrected chi connectivity index (χ3v) is 11.2. The Morgan fingerprint density at radius 3 is 1.48 bits per heavy atom. The Bertz CT molecular complexity index is 3090. The minimum Gasteiger partial charge on any atom is -0.344 e. The summed E-state index contributed by atoms with van der Waals surface area (Å²) < 4.78 is 0. The van der Waals surface area contributed by atoms with Crippen molar-refractivity contribution < 1.29 is 0 Å². The molecule has 4 heteroatoms. The van der Waals surface area contributed by atoms with Gasteiger partial charge in [-0.1, -0.05) is 200 Å². The molecule has 0 amide bonds. The number of amidine groups is 2. The van der Waals surface area contributed by atoms with Gasteiger partial charge in [0.05, 0.1) is 11.6 Å². The predicted octanol–water partition coefficient (Wildman–Crippen LogP) is 13.5. The van der Waals surface area contributed by atoms with E-state index in [-0.39, 0.29) is 6.17 Å². The van der Waals surface area contributed by atoms with Gasteiger partial charge in [0, 0.05) is 11.1 Å². The first-order chi connectivity index (χ1) is 29.7. The van der Waals surface area contributed by atoms with Gasteiger partial charge < -0.3 is 5.32 Å². The SMILES string of the molecule is N#Cc1cccc(-c2ccc(-c3ccc(-c4cccc(C5=NC(c6ccc(-c7ccccc7)cc6)NC(c6ccc(-c7ccccc7)cc6)=N5)c4)c4ccccc34)cc2)c1. The van der Waals surface area contributed by atoms with Gasteiger partial charge in [-0.25, -0.2) is 9.98 Å². The first-order valence-corrected chi connectivity index (χ1v) is 20.1. The largest absolute Gasteiger partial charge is 0.344 e. The van der Waals surface area contributed by atoms with Crippen LogP contribution in [0.15, 0.2) is 228 Å². The molecule has 4 nitrogen and oxygen atoms in total. The summed E-state index contributed by atoms with van der Waals surface area (Å²) in [7, 11) is 0. The standard InChI is InChI=1S/C56H38N4/c57-37-38-11-9-16-47(35-38)43-21-27-44(28-22-43)50-33-34-51(53-20-8-7-19-52(50)53)48-17-10-18-49(36-48)56-59-54(45-29-23-41(24-30-45)39-12-3-1-4-13-39)58-55(60-56)46-31-25-42(26-32-46)40-14-5-2-6-15-40/h1-36,54H,(H,58,59,60). The molecule has 0 aromatic heterocycles. The van der Waals surface area contributed by atoms with Crippen molar-refractivity contribution in [2.75, 3.05) is 0 Å². The van der Waals surface area contributed by atoms with E-state index in [4.69, 9.17) is 9.98 Å². The summed E-state index contributed by atoms with van der Waals surface area (Å²) in [6.07, 6.45) is -0.337. The van der Waals surface area contributed by atoms with Gasteiger partial charge in [-0.3, -0.25) is 0 Å². The fourth-order valence-electron chi connectivity index (χ4n) is 8.07. The molecule has 60 heavy (non-hydrogen) atoms. The van der Waals surface area contributed by atoms with Gasteiger partial charge in [0.1, 0.15) is 12.0 Å². The van der Waals surface area contributed by atoms with Crippen molar-refractivity contribution >= 4 is 22.4 Å². The molecule has 0 aliphatic carbocycles. The number of nitriles is 1. The molecule has 0 radical (unpaired) electrons. The normalized spacial score (nSPS) is 13.5. The molecule has 1 atom stereocenters. The molecular formula is C56H38N4. The molecule has 0 bridgehead atoms. The maximum absolute atomic E-state index is 9.41. The third-order valence-electron chi connectivity index (χ3n) is 11.2. The van der Waals surface area contributed by atoms with Crippen LogP contribution in [-0.2, 0) is 0 Å². The molecule has 10 rings (SSSR count). The molecule has 0 fully saturated rings. The topological polar surface area (TPSA) is 60.5 Å². The number of rotatable bonds is 8. The van der Waals surface area contributed by atoms with Gasteiger partial charge in [0.2, 0.25) is 0 Å². The highest BCUT2D eigenvalue weighted by molar-refractivity contribution is 6.14. The van der Waals surface area contributed by atoms with Gasteiger partial charge in [0.15, 0.2) is 5.84 Å². The molecule has 0 saturated carbocycles. The number of nitrogens with zero attached hydrogens (tertiary/aromatic N) is 3. The average molecular weight is 767 g/mol. The van der Waals surface area contributed by atoms with Crippen LogP contribution in [0.2, 0.25) is 0 Å². The maximum Gasteiger partial charge on any atom is 0.159 e. The van der Waals surface area contributed by atoms with Crippen molar-refractivity contribution in [2.24, 2.45) is 9.98 Å². The molecule has 1 N–H and O–H groups in total. The molecule has 9 aromatic carbocycles. The number of benzene rings is 9. The van der Waals surface area contributed by atoms with E-state index >= 15 is 0 Å². The van der Waals surface area contributed by atoms with E-state index in [1.54, 1.807) is 0 Å². The second-order valence-corrected chi connectivity index (χ2v) is 14.9. The molecule has 0 saturated heterocycles. The first-order valence-electron chi connectivity index (χ1n) is 20.1. The Labute approximate surface area is 350 Å². The van der Waals surface area contributed by atoms with Crippen molar-refractivity contribution in [1.82, 2.24) is 5.32 Å². The lowest BCUT2D eigenvalue weighted by molar-refractivity contribution is 0.674. The number of hydrogen-bond acceptors (Lipinski definition) is 4. The van der Waals surface area contributed by atoms with Crippen LogP contribution in [0.3, 0.4) is 0 Å². The third kappa shape index (κ3) is 7.28. The summed E-state index contributed by atoms with van der Waals surface area (Å²) >= 11 is 0. The van der Waals surface area contributed by atoms with Crippen molar-refractivity contribution in [3.63, 3.8) is 0 Å². The zero-order valence-electron chi connectivity index (χ0n) is 32.7. The van der Waals surface area contributed by atoms with E-state index in [9.17, 15) is 5.26 Å². The van der Waals surface area contributed by atoms with Gasteiger partial charge in [-0.15, -0.1) is 0 Å². The van der Waals surface area contributed by atoms with Crippen LogP contribution in [0.1, 0.15) is 28.4 Å². The summed E-state index contributed by atoms with van der Waals surface area (Å²) in [5.74, 6) is 1.46. The van der Waals surface area contributed by atoms with E-state index < -0.39 is 0 Å². The lowest BCUT2D eigenvalue weighted by atomic mass is 9.91. The van der Waals surface area contributed by atoms with Crippen molar-refractivity contribution in [1.29, 1.82) is 5.26 Å². The van der Waals surface area contributed by atoms with E-state index in [0.717, 1.165) is 61.5 Å². The molecule has 0 spiro atoms. The number of aliphatic imine (C=N–C) groups is 2. The highest BCUT2D eigenvalue weighted by Gasteiger charge is 2.22.